The largest absolute Gasteiger partial charge is 0.495 e. The smallest absolute Gasteiger partial charge is 0.335 e. The van der Waals surface area contributed by atoms with Crippen LogP contribution in [0.2, 0.25) is 5.02 Å². The number of carboxylic acid groups (broad SMARTS) is 1. The summed E-state index contributed by atoms with van der Waals surface area (Å²) in [6.45, 7) is 4.25. The fraction of sp³-hybridized carbons (Fsp3) is 0.297. The first-order valence-electron chi connectivity index (χ1n) is 16.0. The van der Waals surface area contributed by atoms with E-state index in [-0.39, 0.29) is 39.5 Å². The molecule has 5 rings (SSSR count). The third kappa shape index (κ3) is 8.14. The Kier molecular flexibility index (Phi) is 11.4. The van der Waals surface area contributed by atoms with Gasteiger partial charge in [-0.05, 0) is 86.6 Å². The minimum absolute atomic E-state index is 0.0281. The molecule has 0 aliphatic heterocycles. The van der Waals surface area contributed by atoms with Gasteiger partial charge in [-0.3, -0.25) is 4.79 Å². The predicted molar refractivity (Wildman–Crippen MR) is 191 cm³/mol. The number of sulfonamides is 1. The third-order valence-corrected chi connectivity index (χ3v) is 11.9. The molecule has 1 amide bonds. The van der Waals surface area contributed by atoms with Gasteiger partial charge in [0, 0.05) is 11.6 Å². The molecule has 8 nitrogen and oxygen atoms in total. The Labute approximate surface area is 312 Å². The summed E-state index contributed by atoms with van der Waals surface area (Å²) in [5.41, 5.74) is 2.51. The number of benzene rings is 4. The van der Waals surface area contributed by atoms with Crippen LogP contribution in [0, 0.1) is 23.3 Å². The molecule has 0 radical (unpaired) electrons. The van der Waals surface area contributed by atoms with Crippen LogP contribution in [0.4, 0.5) is 23.2 Å². The lowest BCUT2D eigenvalue weighted by Crippen LogP contribution is -2.43. The molecule has 0 atom stereocenters. The standard InChI is InChI=1S/C37H34BrClF4N2O6S/c1-37(2,3)25-14-20(13-24(15-25)21-9-10-21)17-45(27-12-11-22(36(47)48)16-28(27)51-4)29(46)19-44(18-23-7-5-6-8-26(23)39)52(49,50)35-30(38)31(40)32(41)33(42)34(35)43/h5-8,11-16,21H,9-10,17-19H2,1-4H3,(H,47,48). The maximum Gasteiger partial charge on any atom is 0.335 e. The van der Waals surface area contributed by atoms with Crippen LogP contribution < -0.4 is 9.64 Å². The van der Waals surface area contributed by atoms with Gasteiger partial charge < -0.3 is 14.7 Å². The van der Waals surface area contributed by atoms with Crippen molar-refractivity contribution in [2.75, 3.05) is 18.6 Å². The van der Waals surface area contributed by atoms with Crippen molar-refractivity contribution in [2.45, 2.75) is 62.9 Å². The molecule has 52 heavy (non-hydrogen) atoms. The monoisotopic (exact) mass is 824 g/mol. The van der Waals surface area contributed by atoms with Crippen molar-refractivity contribution < 1.29 is 45.4 Å². The van der Waals surface area contributed by atoms with Crippen LogP contribution in [0.1, 0.15) is 72.1 Å². The van der Waals surface area contributed by atoms with Gasteiger partial charge in [0.05, 0.1) is 35.9 Å². The van der Waals surface area contributed by atoms with E-state index < -0.39 is 67.6 Å². The van der Waals surface area contributed by atoms with Crippen LogP contribution in [-0.4, -0.2) is 43.4 Å². The molecule has 0 saturated heterocycles. The number of hydrogen-bond donors (Lipinski definition) is 1. The van der Waals surface area contributed by atoms with E-state index >= 15 is 4.39 Å². The van der Waals surface area contributed by atoms with E-state index in [4.69, 9.17) is 16.3 Å². The van der Waals surface area contributed by atoms with Gasteiger partial charge in [-0.15, -0.1) is 0 Å². The number of carbonyl (C=O) groups is 2. The molecule has 4 aromatic rings. The second kappa shape index (κ2) is 15.2. The van der Waals surface area contributed by atoms with E-state index in [1.165, 1.54) is 48.4 Å². The van der Waals surface area contributed by atoms with Crippen molar-refractivity contribution in [1.82, 2.24) is 4.31 Å². The highest BCUT2D eigenvalue weighted by Crippen LogP contribution is 2.42. The Hall–Kier alpha value is -3.98. The Morgan fingerprint density at radius 2 is 1.60 bits per heavy atom. The third-order valence-electron chi connectivity index (χ3n) is 8.67. The number of carboxylic acids is 1. The highest BCUT2D eigenvalue weighted by Gasteiger charge is 2.38. The molecule has 0 unspecified atom stereocenters. The van der Waals surface area contributed by atoms with Crippen molar-refractivity contribution in [3.05, 3.63) is 121 Å². The first-order valence-corrected chi connectivity index (χ1v) is 18.6. The Morgan fingerprint density at radius 3 is 2.19 bits per heavy atom. The molecule has 4 aromatic carbocycles. The Bertz CT molecular complexity index is 2150. The maximum absolute atomic E-state index is 15.3. The number of ether oxygens (including phenoxy) is 1. The first-order chi connectivity index (χ1) is 24.3. The van der Waals surface area contributed by atoms with Gasteiger partial charge in [0.2, 0.25) is 15.9 Å². The summed E-state index contributed by atoms with van der Waals surface area (Å²) in [5.74, 6) is -10.7. The van der Waals surface area contributed by atoms with E-state index in [9.17, 15) is 36.3 Å². The molecule has 1 aliphatic carbocycles. The van der Waals surface area contributed by atoms with Gasteiger partial charge in [-0.1, -0.05) is 68.8 Å². The van der Waals surface area contributed by atoms with Crippen molar-refractivity contribution >= 4 is 55.1 Å². The molecule has 1 fully saturated rings. The predicted octanol–water partition coefficient (Wildman–Crippen LogP) is 8.96. The molecule has 15 heteroatoms. The summed E-state index contributed by atoms with van der Waals surface area (Å²) in [5, 5.41) is 9.69. The molecule has 0 aromatic heterocycles. The van der Waals surface area contributed by atoms with Gasteiger partial charge in [0.25, 0.3) is 0 Å². The van der Waals surface area contributed by atoms with E-state index in [1.54, 1.807) is 6.07 Å². The number of methoxy groups -OCH3 is 1. The van der Waals surface area contributed by atoms with Crippen LogP contribution >= 0.6 is 27.5 Å². The lowest BCUT2D eigenvalue weighted by molar-refractivity contribution is -0.119. The SMILES string of the molecule is COc1cc(C(=O)O)ccc1N(Cc1cc(C2CC2)cc(C(C)(C)C)c1)C(=O)CN(Cc1ccccc1Cl)S(=O)(=O)c1c(F)c(F)c(F)c(F)c1Br. The average Bonchev–Trinajstić information content (AvgIpc) is 3.94. The Morgan fingerprint density at radius 1 is 0.942 bits per heavy atom. The number of hydrogen-bond acceptors (Lipinski definition) is 5. The summed E-state index contributed by atoms with van der Waals surface area (Å²) in [4.78, 5) is 26.0. The first kappa shape index (κ1) is 39.2. The molecule has 0 heterocycles. The molecule has 0 bridgehead atoms. The molecular formula is C37H34BrClF4N2O6S. The summed E-state index contributed by atoms with van der Waals surface area (Å²) in [6.07, 6.45) is 1.98. The molecule has 0 spiro atoms. The number of anilines is 1. The van der Waals surface area contributed by atoms with E-state index in [2.05, 4.69) is 22.0 Å². The normalized spacial score (nSPS) is 13.4. The lowest BCUT2D eigenvalue weighted by Gasteiger charge is -2.30. The van der Waals surface area contributed by atoms with Gasteiger partial charge in [-0.25, -0.2) is 30.8 Å². The van der Waals surface area contributed by atoms with Crippen molar-refractivity contribution in [3.8, 4) is 5.75 Å². The number of halogens is 6. The molecule has 1 aliphatic rings. The van der Waals surface area contributed by atoms with Gasteiger partial charge in [-0.2, -0.15) is 4.31 Å². The van der Waals surface area contributed by atoms with Crippen molar-refractivity contribution in [2.24, 2.45) is 0 Å². The zero-order valence-electron chi connectivity index (χ0n) is 28.4. The van der Waals surface area contributed by atoms with E-state index in [1.807, 2.05) is 32.9 Å². The minimum atomic E-state index is -5.34. The minimum Gasteiger partial charge on any atom is -0.495 e. The number of aromatic carboxylic acids is 1. The van der Waals surface area contributed by atoms with Gasteiger partial charge >= 0.3 is 5.97 Å². The quantitative estimate of drug-likeness (QED) is 0.0870. The van der Waals surface area contributed by atoms with Crippen LogP contribution in [0.3, 0.4) is 0 Å². The topological polar surface area (TPSA) is 104 Å². The van der Waals surface area contributed by atoms with E-state index in [0.29, 0.717) is 15.8 Å². The van der Waals surface area contributed by atoms with Crippen LogP contribution in [0.25, 0.3) is 0 Å². The number of carbonyl (C=O) groups excluding carboxylic acids is 1. The highest BCUT2D eigenvalue weighted by atomic mass is 79.9. The average molecular weight is 826 g/mol. The summed E-state index contributed by atoms with van der Waals surface area (Å²) in [6, 6.07) is 15.7. The second-order valence-corrected chi connectivity index (χ2v) is 16.5. The van der Waals surface area contributed by atoms with Gasteiger partial charge in [0.15, 0.2) is 23.3 Å². The lowest BCUT2D eigenvalue weighted by atomic mass is 9.84. The molecule has 276 valence electrons. The molecule has 1 saturated carbocycles. The maximum atomic E-state index is 15.3. The Balaban J connectivity index is 1.67. The summed E-state index contributed by atoms with van der Waals surface area (Å²) in [7, 11) is -4.07. The summed E-state index contributed by atoms with van der Waals surface area (Å²) >= 11 is 8.91. The molecular weight excluding hydrogens is 792 g/mol. The number of nitrogens with zero attached hydrogens (tertiary/aromatic N) is 2. The van der Waals surface area contributed by atoms with Crippen molar-refractivity contribution in [3.63, 3.8) is 0 Å². The fourth-order valence-corrected chi connectivity index (χ4v) is 8.28. The zero-order valence-corrected chi connectivity index (χ0v) is 31.6. The summed E-state index contributed by atoms with van der Waals surface area (Å²) < 4.78 is 91.7. The van der Waals surface area contributed by atoms with Crippen LogP contribution in [0.5, 0.6) is 5.75 Å². The van der Waals surface area contributed by atoms with Gasteiger partial charge in [0.1, 0.15) is 10.6 Å². The highest BCUT2D eigenvalue weighted by molar-refractivity contribution is 9.10. The van der Waals surface area contributed by atoms with Crippen molar-refractivity contribution in [1.29, 1.82) is 0 Å². The fourth-order valence-electron chi connectivity index (χ4n) is 5.64. The van der Waals surface area contributed by atoms with Crippen LogP contribution in [-0.2, 0) is 33.3 Å². The second-order valence-electron chi connectivity index (χ2n) is 13.4. The molecule has 1 N–H and O–H groups in total. The van der Waals surface area contributed by atoms with Crippen LogP contribution in [0.15, 0.2) is 70.0 Å². The van der Waals surface area contributed by atoms with E-state index in [0.717, 1.165) is 24.0 Å². The zero-order chi connectivity index (χ0) is 38.3. The number of rotatable bonds is 12. The number of amides is 1.